The number of ether oxygens (including phenoxy) is 1. The molecule has 0 saturated heterocycles. The van der Waals surface area contributed by atoms with Crippen molar-refractivity contribution in [2.75, 3.05) is 6.61 Å². The Bertz CT molecular complexity index is 927. The number of pyridine rings is 2. The Kier molecular flexibility index (Phi) is 4.16. The first-order valence-electron chi connectivity index (χ1n) is 7.78. The molecule has 3 aromatic rings. The van der Waals surface area contributed by atoms with Crippen LogP contribution in [-0.4, -0.2) is 27.7 Å². The fourth-order valence-electron chi connectivity index (χ4n) is 2.88. The lowest BCUT2D eigenvalue weighted by Gasteiger charge is -2.12. The quantitative estimate of drug-likeness (QED) is 0.543. The predicted molar refractivity (Wildman–Crippen MR) is 91.3 cm³/mol. The number of nitrogens with zero attached hydrogens (tertiary/aromatic N) is 2. The van der Waals surface area contributed by atoms with E-state index in [1.165, 1.54) is 6.92 Å². The number of hydrogen-bond acceptors (Lipinski definition) is 4. The summed E-state index contributed by atoms with van der Waals surface area (Å²) in [6, 6.07) is 9.33. The van der Waals surface area contributed by atoms with Gasteiger partial charge in [-0.1, -0.05) is 6.07 Å². The van der Waals surface area contributed by atoms with Gasteiger partial charge in [-0.25, -0.2) is 4.79 Å². The monoisotopic (exact) mass is 322 g/mol. The lowest BCUT2D eigenvalue weighted by molar-refractivity contribution is 0.0525. The third-order valence-corrected chi connectivity index (χ3v) is 3.93. The molecule has 0 amide bonds. The Hall–Kier alpha value is -2.95. The van der Waals surface area contributed by atoms with Gasteiger partial charge in [0.2, 0.25) is 0 Å². The highest BCUT2D eigenvalue weighted by Gasteiger charge is 2.20. The summed E-state index contributed by atoms with van der Waals surface area (Å²) in [5.74, 6) is -0.521. The van der Waals surface area contributed by atoms with Crippen LogP contribution in [0.1, 0.15) is 40.3 Å². The van der Waals surface area contributed by atoms with E-state index in [2.05, 4.69) is 4.98 Å². The zero-order valence-electron chi connectivity index (χ0n) is 13.9. The Morgan fingerprint density at radius 2 is 2.04 bits per heavy atom. The lowest BCUT2D eigenvalue weighted by atomic mass is 10.0. The van der Waals surface area contributed by atoms with Crippen molar-refractivity contribution in [1.82, 2.24) is 9.38 Å². The van der Waals surface area contributed by atoms with Gasteiger partial charge in [-0.05, 0) is 43.7 Å². The third-order valence-electron chi connectivity index (χ3n) is 3.93. The van der Waals surface area contributed by atoms with E-state index in [1.54, 1.807) is 26.1 Å². The molecule has 0 aromatic carbocycles. The zero-order chi connectivity index (χ0) is 17.3. The van der Waals surface area contributed by atoms with E-state index >= 15 is 0 Å². The van der Waals surface area contributed by atoms with E-state index < -0.39 is 5.97 Å². The summed E-state index contributed by atoms with van der Waals surface area (Å²) in [6.45, 7) is 5.31. The van der Waals surface area contributed by atoms with Crippen molar-refractivity contribution in [3.8, 4) is 11.3 Å². The molecule has 0 bridgehead atoms. The number of carbonyl (C=O) groups excluding carboxylic acids is 2. The Balaban J connectivity index is 2.26. The highest BCUT2D eigenvalue weighted by molar-refractivity contribution is 6.01. The first-order chi connectivity index (χ1) is 11.5. The first-order valence-corrected chi connectivity index (χ1v) is 7.78. The number of hydrogen-bond donors (Lipinski definition) is 0. The summed E-state index contributed by atoms with van der Waals surface area (Å²) in [4.78, 5) is 28.7. The van der Waals surface area contributed by atoms with Crippen molar-refractivity contribution in [1.29, 1.82) is 0 Å². The number of fused-ring (bicyclic) bond motifs is 1. The second kappa shape index (κ2) is 6.28. The topological polar surface area (TPSA) is 60.7 Å². The molecule has 0 unspecified atom stereocenters. The molecule has 0 N–H and O–H groups in total. The van der Waals surface area contributed by atoms with E-state index in [-0.39, 0.29) is 5.78 Å². The molecule has 0 aliphatic carbocycles. The predicted octanol–water partition coefficient (Wildman–Crippen LogP) is 3.69. The lowest BCUT2D eigenvalue weighted by Crippen LogP contribution is -2.13. The van der Waals surface area contributed by atoms with Crippen LogP contribution >= 0.6 is 0 Å². The molecule has 122 valence electrons. The molecule has 0 radical (unpaired) electrons. The van der Waals surface area contributed by atoms with Crippen molar-refractivity contribution < 1.29 is 14.3 Å². The molecule has 5 heteroatoms. The zero-order valence-corrected chi connectivity index (χ0v) is 13.9. The number of Topliss-reactive ketones (excluding diaryl/α,β-unsaturated/α-hetero) is 1. The van der Waals surface area contributed by atoms with Crippen LogP contribution in [0.5, 0.6) is 0 Å². The van der Waals surface area contributed by atoms with E-state index in [9.17, 15) is 9.59 Å². The molecule has 24 heavy (non-hydrogen) atoms. The van der Waals surface area contributed by atoms with Gasteiger partial charge in [-0.2, -0.15) is 0 Å². The summed E-state index contributed by atoms with van der Waals surface area (Å²) in [5.41, 5.74) is 3.98. The van der Waals surface area contributed by atoms with Crippen molar-refractivity contribution in [2.45, 2.75) is 20.8 Å². The van der Waals surface area contributed by atoms with Crippen molar-refractivity contribution >= 4 is 17.3 Å². The van der Waals surface area contributed by atoms with Gasteiger partial charge < -0.3 is 9.14 Å². The van der Waals surface area contributed by atoms with Crippen LogP contribution in [0.25, 0.3) is 16.8 Å². The minimum Gasteiger partial charge on any atom is -0.462 e. The molecule has 0 spiro atoms. The van der Waals surface area contributed by atoms with Crippen molar-refractivity contribution in [3.05, 3.63) is 59.5 Å². The maximum Gasteiger partial charge on any atom is 0.338 e. The van der Waals surface area contributed by atoms with Crippen molar-refractivity contribution in [3.63, 3.8) is 0 Å². The summed E-state index contributed by atoms with van der Waals surface area (Å²) in [5, 5.41) is 0. The molecule has 0 aliphatic rings. The van der Waals surface area contributed by atoms with E-state index in [4.69, 9.17) is 4.74 Å². The van der Waals surface area contributed by atoms with Crippen LogP contribution < -0.4 is 0 Å². The SMILES string of the molecule is CCOC(=O)c1cc2cc(-c3ccccn3)cn2c(C(C)=O)c1C. The molecular weight excluding hydrogens is 304 g/mol. The van der Waals surface area contributed by atoms with Gasteiger partial charge in [-0.3, -0.25) is 9.78 Å². The van der Waals surface area contributed by atoms with E-state index in [0.29, 0.717) is 23.4 Å². The average Bonchev–Trinajstić information content (AvgIpc) is 2.98. The fourth-order valence-corrected chi connectivity index (χ4v) is 2.88. The highest BCUT2D eigenvalue weighted by Crippen LogP contribution is 2.26. The van der Waals surface area contributed by atoms with Gasteiger partial charge in [0.1, 0.15) is 0 Å². The maximum absolute atomic E-state index is 12.2. The summed E-state index contributed by atoms with van der Waals surface area (Å²) in [7, 11) is 0. The maximum atomic E-state index is 12.2. The first kappa shape index (κ1) is 15.9. The molecule has 0 atom stereocenters. The molecule has 3 rings (SSSR count). The van der Waals surface area contributed by atoms with E-state index in [0.717, 1.165) is 16.8 Å². The number of rotatable bonds is 4. The molecule has 3 aromatic heterocycles. The molecule has 0 aliphatic heterocycles. The van der Waals surface area contributed by atoms with Crippen LogP contribution in [0.3, 0.4) is 0 Å². The standard InChI is InChI=1S/C19H18N2O3/c1-4-24-19(23)16-10-15-9-14(17-7-5-6-8-20-17)11-21(15)18(12(16)2)13(3)22/h5-11H,4H2,1-3H3. The summed E-state index contributed by atoms with van der Waals surface area (Å²) < 4.78 is 6.92. The van der Waals surface area contributed by atoms with Gasteiger partial charge >= 0.3 is 5.97 Å². The number of ketones is 1. The van der Waals surface area contributed by atoms with Gasteiger partial charge in [-0.15, -0.1) is 0 Å². The highest BCUT2D eigenvalue weighted by atomic mass is 16.5. The molecule has 5 nitrogen and oxygen atoms in total. The summed E-state index contributed by atoms with van der Waals surface area (Å²) >= 11 is 0. The fraction of sp³-hybridized carbons (Fsp3) is 0.211. The number of aromatic nitrogens is 2. The second-order valence-electron chi connectivity index (χ2n) is 5.55. The van der Waals surface area contributed by atoms with Crippen LogP contribution in [0, 0.1) is 6.92 Å². The third kappa shape index (κ3) is 2.69. The van der Waals surface area contributed by atoms with Crippen LogP contribution in [0.4, 0.5) is 0 Å². The Morgan fingerprint density at radius 3 is 2.67 bits per heavy atom. The molecule has 3 heterocycles. The van der Waals surface area contributed by atoms with E-state index in [1.807, 2.05) is 34.9 Å². The van der Waals surface area contributed by atoms with Crippen LogP contribution in [-0.2, 0) is 4.74 Å². The number of carbonyl (C=O) groups is 2. The minimum absolute atomic E-state index is 0.105. The smallest absolute Gasteiger partial charge is 0.338 e. The Morgan fingerprint density at radius 1 is 1.25 bits per heavy atom. The number of esters is 1. The van der Waals surface area contributed by atoms with Gasteiger partial charge in [0.05, 0.1) is 23.6 Å². The molecular formula is C19H18N2O3. The normalized spacial score (nSPS) is 10.8. The second-order valence-corrected chi connectivity index (χ2v) is 5.55. The largest absolute Gasteiger partial charge is 0.462 e. The van der Waals surface area contributed by atoms with Gasteiger partial charge in [0.15, 0.2) is 5.78 Å². The van der Waals surface area contributed by atoms with Gasteiger partial charge in [0, 0.05) is 30.4 Å². The molecule has 0 saturated carbocycles. The average molecular weight is 322 g/mol. The summed E-state index contributed by atoms with van der Waals surface area (Å²) in [6.07, 6.45) is 3.59. The molecule has 0 fully saturated rings. The van der Waals surface area contributed by atoms with Crippen LogP contribution in [0.2, 0.25) is 0 Å². The van der Waals surface area contributed by atoms with Crippen LogP contribution in [0.15, 0.2) is 42.7 Å². The Labute approximate surface area is 139 Å². The van der Waals surface area contributed by atoms with Gasteiger partial charge in [0.25, 0.3) is 0 Å². The van der Waals surface area contributed by atoms with Crippen molar-refractivity contribution in [2.24, 2.45) is 0 Å². The minimum atomic E-state index is -0.416.